The first kappa shape index (κ1) is 16.5. The van der Waals surface area contributed by atoms with E-state index in [9.17, 15) is 4.79 Å². The third-order valence-corrected chi connectivity index (χ3v) is 4.44. The van der Waals surface area contributed by atoms with Crippen LogP contribution in [0.25, 0.3) is 11.6 Å². The lowest BCUT2D eigenvalue weighted by atomic mass is 10.3. The van der Waals surface area contributed by atoms with E-state index in [0.29, 0.717) is 34.2 Å². The van der Waals surface area contributed by atoms with Crippen molar-refractivity contribution in [1.29, 1.82) is 0 Å². The predicted octanol–water partition coefficient (Wildman–Crippen LogP) is 2.75. The molecule has 0 aliphatic rings. The number of carbonyl (C=O) groups is 1. The Balaban J connectivity index is 1.82. The van der Waals surface area contributed by atoms with Crippen molar-refractivity contribution in [3.63, 3.8) is 0 Å². The highest BCUT2D eigenvalue weighted by Gasteiger charge is 2.17. The largest absolute Gasteiger partial charge is 0.461 e. The summed E-state index contributed by atoms with van der Waals surface area (Å²) in [6, 6.07) is 7.25. The van der Waals surface area contributed by atoms with Crippen molar-refractivity contribution in [2.24, 2.45) is 5.73 Å². The lowest BCUT2D eigenvalue weighted by Gasteiger charge is -2.08. The first-order chi connectivity index (χ1) is 11.6. The number of amides is 1. The Morgan fingerprint density at radius 1 is 1.38 bits per heavy atom. The second kappa shape index (κ2) is 7.50. The molecule has 24 heavy (non-hydrogen) atoms. The molecule has 3 aromatic rings. The van der Waals surface area contributed by atoms with Crippen molar-refractivity contribution in [1.82, 2.24) is 19.7 Å². The number of nitrogens with zero attached hydrogens (tertiary/aromatic N) is 4. The zero-order valence-corrected chi connectivity index (χ0v) is 14.1. The minimum absolute atomic E-state index is 0.195. The molecule has 3 heterocycles. The smallest absolute Gasteiger partial charge is 0.219 e. The quantitative estimate of drug-likeness (QED) is 0.511. The summed E-state index contributed by atoms with van der Waals surface area (Å²) >= 11 is 7.38. The fourth-order valence-electron chi connectivity index (χ4n) is 2.09. The van der Waals surface area contributed by atoms with E-state index in [4.69, 9.17) is 21.8 Å². The van der Waals surface area contributed by atoms with E-state index in [1.54, 1.807) is 30.7 Å². The van der Waals surface area contributed by atoms with Crippen LogP contribution in [0.15, 0.2) is 46.3 Å². The summed E-state index contributed by atoms with van der Waals surface area (Å²) in [4.78, 5) is 15.1. The van der Waals surface area contributed by atoms with Gasteiger partial charge in [0.2, 0.25) is 5.91 Å². The van der Waals surface area contributed by atoms with Crippen LogP contribution in [0.2, 0.25) is 5.15 Å². The molecule has 0 fully saturated rings. The number of pyridine rings is 1. The van der Waals surface area contributed by atoms with Gasteiger partial charge < -0.3 is 10.2 Å². The van der Waals surface area contributed by atoms with Crippen molar-refractivity contribution in [2.75, 3.05) is 0 Å². The number of thioether (sulfide) groups is 1. The summed E-state index contributed by atoms with van der Waals surface area (Å²) in [7, 11) is 0. The van der Waals surface area contributed by atoms with Gasteiger partial charge in [-0.05, 0) is 29.8 Å². The summed E-state index contributed by atoms with van der Waals surface area (Å²) in [5.41, 5.74) is 6.28. The van der Waals surface area contributed by atoms with Gasteiger partial charge in [0.1, 0.15) is 5.15 Å². The summed E-state index contributed by atoms with van der Waals surface area (Å²) in [6.07, 6.45) is 3.42. The molecular formula is C15H14ClN5O2S. The Morgan fingerprint density at radius 2 is 2.25 bits per heavy atom. The van der Waals surface area contributed by atoms with E-state index < -0.39 is 0 Å². The molecule has 1 amide bonds. The maximum absolute atomic E-state index is 11.1. The van der Waals surface area contributed by atoms with Crippen molar-refractivity contribution < 1.29 is 9.21 Å². The molecule has 0 spiro atoms. The zero-order chi connectivity index (χ0) is 16.9. The van der Waals surface area contributed by atoms with Gasteiger partial charge in [-0.1, -0.05) is 23.4 Å². The van der Waals surface area contributed by atoms with Crippen LogP contribution < -0.4 is 5.73 Å². The molecule has 0 aliphatic heterocycles. The molecule has 2 N–H and O–H groups in total. The SMILES string of the molecule is NC(=O)CCn1c(SCc2ccnc(Cl)c2)nnc1-c1ccco1. The Labute approximate surface area is 147 Å². The summed E-state index contributed by atoms with van der Waals surface area (Å²) in [5, 5.41) is 9.50. The molecule has 3 rings (SSSR count). The van der Waals surface area contributed by atoms with Gasteiger partial charge in [-0.2, -0.15) is 0 Å². The molecule has 0 bridgehead atoms. The molecule has 3 aromatic heterocycles. The molecular weight excluding hydrogens is 350 g/mol. The number of hydrogen-bond acceptors (Lipinski definition) is 6. The lowest BCUT2D eigenvalue weighted by molar-refractivity contribution is -0.118. The van der Waals surface area contributed by atoms with E-state index in [1.165, 1.54) is 11.8 Å². The fraction of sp³-hybridized carbons (Fsp3) is 0.200. The van der Waals surface area contributed by atoms with Crippen molar-refractivity contribution in [3.8, 4) is 11.6 Å². The summed E-state index contributed by atoms with van der Waals surface area (Å²) in [5.74, 6) is 1.42. The molecule has 0 aromatic carbocycles. The van der Waals surface area contributed by atoms with Crippen molar-refractivity contribution in [3.05, 3.63) is 47.4 Å². The standard InChI is InChI=1S/C15H14ClN5O2S/c16-12-8-10(3-5-18-12)9-24-15-20-19-14(11-2-1-7-23-11)21(15)6-4-13(17)22/h1-3,5,7-8H,4,6,9H2,(H2,17,22). The molecule has 0 radical (unpaired) electrons. The monoisotopic (exact) mass is 363 g/mol. The molecule has 0 saturated heterocycles. The highest BCUT2D eigenvalue weighted by molar-refractivity contribution is 7.98. The summed E-state index contributed by atoms with van der Waals surface area (Å²) in [6.45, 7) is 0.387. The molecule has 7 nitrogen and oxygen atoms in total. The average Bonchev–Trinajstić information content (AvgIpc) is 3.20. The molecule has 124 valence electrons. The number of rotatable bonds is 7. The van der Waals surface area contributed by atoms with Crippen LogP contribution >= 0.6 is 23.4 Å². The topological polar surface area (TPSA) is 99.8 Å². The van der Waals surface area contributed by atoms with Gasteiger partial charge in [0, 0.05) is 24.9 Å². The van der Waals surface area contributed by atoms with E-state index in [1.807, 2.05) is 10.6 Å². The molecule has 0 aliphatic carbocycles. The Kier molecular flexibility index (Phi) is 5.17. The average molecular weight is 364 g/mol. The number of primary amides is 1. The van der Waals surface area contributed by atoms with E-state index >= 15 is 0 Å². The first-order valence-corrected chi connectivity index (χ1v) is 8.48. The normalized spacial score (nSPS) is 10.9. The highest BCUT2D eigenvalue weighted by atomic mass is 35.5. The minimum Gasteiger partial charge on any atom is -0.461 e. The van der Waals surface area contributed by atoms with E-state index in [0.717, 1.165) is 5.56 Å². The van der Waals surface area contributed by atoms with Gasteiger partial charge in [-0.15, -0.1) is 10.2 Å². The molecule has 0 atom stereocenters. The third-order valence-electron chi connectivity index (χ3n) is 3.20. The zero-order valence-electron chi connectivity index (χ0n) is 12.6. The molecule has 9 heteroatoms. The number of aromatic nitrogens is 4. The van der Waals surface area contributed by atoms with Crippen LogP contribution in [0.5, 0.6) is 0 Å². The highest BCUT2D eigenvalue weighted by Crippen LogP contribution is 2.27. The van der Waals surface area contributed by atoms with Crippen LogP contribution in [0, 0.1) is 0 Å². The van der Waals surface area contributed by atoms with Crippen LogP contribution in [0.4, 0.5) is 0 Å². The fourth-order valence-corrected chi connectivity index (χ4v) is 3.19. The number of nitrogens with two attached hydrogens (primary N) is 1. The second-order valence-electron chi connectivity index (χ2n) is 4.93. The maximum Gasteiger partial charge on any atom is 0.219 e. The van der Waals surface area contributed by atoms with Crippen molar-refractivity contribution >= 4 is 29.3 Å². The number of hydrogen-bond donors (Lipinski definition) is 1. The van der Waals surface area contributed by atoms with E-state index in [-0.39, 0.29) is 12.3 Å². The van der Waals surface area contributed by atoms with Gasteiger partial charge >= 0.3 is 0 Å². The van der Waals surface area contributed by atoms with Gasteiger partial charge in [-0.3, -0.25) is 9.36 Å². The number of carbonyl (C=O) groups excluding carboxylic acids is 1. The van der Waals surface area contributed by atoms with Crippen molar-refractivity contribution in [2.45, 2.75) is 23.9 Å². The van der Waals surface area contributed by atoms with Crippen LogP contribution in [-0.2, 0) is 17.1 Å². The molecule has 0 unspecified atom stereocenters. The van der Waals surface area contributed by atoms with Gasteiger partial charge in [0.25, 0.3) is 0 Å². The third kappa shape index (κ3) is 3.95. The van der Waals surface area contributed by atoms with Gasteiger partial charge in [0.15, 0.2) is 16.7 Å². The van der Waals surface area contributed by atoms with Crippen LogP contribution in [0.3, 0.4) is 0 Å². The summed E-state index contributed by atoms with van der Waals surface area (Å²) < 4.78 is 7.21. The predicted molar refractivity (Wildman–Crippen MR) is 90.3 cm³/mol. The first-order valence-electron chi connectivity index (χ1n) is 7.12. The van der Waals surface area contributed by atoms with E-state index in [2.05, 4.69) is 15.2 Å². The number of furan rings is 1. The molecule has 0 saturated carbocycles. The van der Waals surface area contributed by atoms with Gasteiger partial charge in [-0.25, -0.2) is 4.98 Å². The van der Waals surface area contributed by atoms with Crippen LogP contribution in [-0.4, -0.2) is 25.7 Å². The second-order valence-corrected chi connectivity index (χ2v) is 6.26. The number of halogens is 1. The Morgan fingerprint density at radius 3 is 2.96 bits per heavy atom. The Bertz CT molecular complexity index is 834. The lowest BCUT2D eigenvalue weighted by Crippen LogP contribution is -2.15. The minimum atomic E-state index is -0.383. The van der Waals surface area contributed by atoms with Gasteiger partial charge in [0.05, 0.1) is 6.26 Å². The Hall–Kier alpha value is -2.32. The maximum atomic E-state index is 11.1. The van der Waals surface area contributed by atoms with Crippen LogP contribution in [0.1, 0.15) is 12.0 Å².